The molecule has 0 unspecified atom stereocenters. The molecule has 0 saturated heterocycles. The van der Waals surface area contributed by atoms with Gasteiger partial charge in [0.05, 0.1) is 7.11 Å². The van der Waals surface area contributed by atoms with Gasteiger partial charge in [-0.1, -0.05) is 41.9 Å². The predicted molar refractivity (Wildman–Crippen MR) is 73.6 cm³/mol. The van der Waals surface area contributed by atoms with Crippen molar-refractivity contribution < 1.29 is 14.3 Å². The quantitative estimate of drug-likeness (QED) is 0.799. The van der Waals surface area contributed by atoms with Crippen molar-refractivity contribution >= 4 is 17.6 Å². The number of ether oxygens (including phenoxy) is 2. The zero-order chi connectivity index (χ0) is 13.7. The van der Waals surface area contributed by atoms with Gasteiger partial charge in [-0.25, -0.2) is 4.79 Å². The summed E-state index contributed by atoms with van der Waals surface area (Å²) in [6.45, 7) is 0.366. The predicted octanol–water partition coefficient (Wildman–Crippen LogP) is 3.71. The van der Waals surface area contributed by atoms with Gasteiger partial charge in [-0.3, -0.25) is 0 Å². The van der Waals surface area contributed by atoms with Crippen LogP contribution in [0.25, 0.3) is 0 Å². The maximum atomic E-state index is 11.6. The van der Waals surface area contributed by atoms with E-state index in [2.05, 4.69) is 0 Å². The number of hydrogen-bond donors (Lipinski definition) is 0. The molecule has 0 spiro atoms. The molecule has 2 aromatic carbocycles. The van der Waals surface area contributed by atoms with Gasteiger partial charge in [0, 0.05) is 5.02 Å². The van der Waals surface area contributed by atoms with E-state index in [1.807, 2.05) is 30.3 Å². The molecule has 0 aromatic heterocycles. The first kappa shape index (κ1) is 13.4. The van der Waals surface area contributed by atoms with Gasteiger partial charge in [-0.2, -0.15) is 0 Å². The zero-order valence-electron chi connectivity index (χ0n) is 10.4. The summed E-state index contributed by atoms with van der Waals surface area (Å²) >= 11 is 5.91. The van der Waals surface area contributed by atoms with Crippen LogP contribution >= 0.6 is 11.6 Å². The van der Waals surface area contributed by atoms with E-state index >= 15 is 0 Å². The fourth-order valence-electron chi connectivity index (χ4n) is 1.63. The van der Waals surface area contributed by atoms with Crippen molar-refractivity contribution in [2.45, 2.75) is 6.61 Å². The second kappa shape index (κ2) is 6.25. The largest absolute Gasteiger partial charge is 0.488 e. The Hall–Kier alpha value is -2.00. The van der Waals surface area contributed by atoms with E-state index in [1.165, 1.54) is 7.11 Å². The second-order valence-corrected chi connectivity index (χ2v) is 4.34. The van der Waals surface area contributed by atoms with E-state index in [0.717, 1.165) is 5.56 Å². The molecule has 0 heterocycles. The summed E-state index contributed by atoms with van der Waals surface area (Å²) in [7, 11) is 1.33. The molecule has 19 heavy (non-hydrogen) atoms. The van der Waals surface area contributed by atoms with Gasteiger partial charge in [0.2, 0.25) is 0 Å². The van der Waals surface area contributed by atoms with Crippen LogP contribution in [0.15, 0.2) is 48.5 Å². The summed E-state index contributed by atoms with van der Waals surface area (Å²) in [6, 6.07) is 14.5. The molecule has 0 bridgehead atoms. The van der Waals surface area contributed by atoms with E-state index < -0.39 is 5.97 Å². The van der Waals surface area contributed by atoms with Crippen LogP contribution in [0.1, 0.15) is 15.9 Å². The number of carbonyl (C=O) groups excluding carboxylic acids is 1. The number of rotatable bonds is 4. The van der Waals surface area contributed by atoms with Gasteiger partial charge in [0.25, 0.3) is 0 Å². The molecule has 0 radical (unpaired) electrons. The Balaban J connectivity index is 2.19. The third-order valence-electron chi connectivity index (χ3n) is 2.59. The second-order valence-electron chi connectivity index (χ2n) is 3.91. The van der Waals surface area contributed by atoms with Crippen LogP contribution in [-0.4, -0.2) is 13.1 Å². The summed E-state index contributed by atoms with van der Waals surface area (Å²) in [5, 5.41) is 0.510. The molecule has 0 amide bonds. The van der Waals surface area contributed by atoms with Crippen molar-refractivity contribution in [3.05, 3.63) is 64.7 Å². The summed E-state index contributed by atoms with van der Waals surface area (Å²) in [4.78, 5) is 11.6. The topological polar surface area (TPSA) is 35.5 Å². The summed E-state index contributed by atoms with van der Waals surface area (Å²) in [5.41, 5.74) is 1.38. The standard InChI is InChI=1S/C15H13ClO3/c1-18-15(17)13-8-7-12(16)9-14(13)19-10-11-5-3-2-4-6-11/h2-9H,10H2,1H3. The molecule has 4 heteroatoms. The summed E-state index contributed by atoms with van der Waals surface area (Å²) < 4.78 is 10.3. The van der Waals surface area contributed by atoms with Crippen molar-refractivity contribution in [2.75, 3.05) is 7.11 Å². The van der Waals surface area contributed by atoms with Crippen molar-refractivity contribution in [1.29, 1.82) is 0 Å². The molecular weight excluding hydrogens is 264 g/mol. The molecule has 0 aliphatic rings. The highest BCUT2D eigenvalue weighted by atomic mass is 35.5. The van der Waals surface area contributed by atoms with Gasteiger partial charge in [-0.05, 0) is 23.8 Å². The fourth-order valence-corrected chi connectivity index (χ4v) is 1.79. The molecule has 3 nitrogen and oxygen atoms in total. The van der Waals surface area contributed by atoms with E-state index in [-0.39, 0.29) is 0 Å². The average Bonchev–Trinajstić information content (AvgIpc) is 2.45. The molecular formula is C15H13ClO3. The van der Waals surface area contributed by atoms with E-state index in [0.29, 0.717) is 22.9 Å². The summed E-state index contributed by atoms with van der Waals surface area (Å²) in [6.07, 6.45) is 0. The van der Waals surface area contributed by atoms with Crippen molar-refractivity contribution in [1.82, 2.24) is 0 Å². The van der Waals surface area contributed by atoms with Gasteiger partial charge in [0.15, 0.2) is 0 Å². The van der Waals surface area contributed by atoms with E-state index in [1.54, 1.807) is 18.2 Å². The van der Waals surface area contributed by atoms with Crippen LogP contribution in [0.3, 0.4) is 0 Å². The first-order valence-electron chi connectivity index (χ1n) is 5.75. The number of esters is 1. The number of halogens is 1. The minimum atomic E-state index is -0.445. The Bertz CT molecular complexity index is 567. The van der Waals surface area contributed by atoms with Crippen LogP contribution in [0.2, 0.25) is 5.02 Å². The van der Waals surface area contributed by atoms with Gasteiger partial charge < -0.3 is 9.47 Å². The Labute approximate surface area is 116 Å². The van der Waals surface area contributed by atoms with Crippen LogP contribution in [0, 0.1) is 0 Å². The number of hydrogen-bond acceptors (Lipinski definition) is 3. The highest BCUT2D eigenvalue weighted by molar-refractivity contribution is 6.30. The SMILES string of the molecule is COC(=O)c1ccc(Cl)cc1OCc1ccccc1. The molecule has 0 aliphatic carbocycles. The first-order chi connectivity index (χ1) is 9.20. The third-order valence-corrected chi connectivity index (χ3v) is 2.82. The van der Waals surface area contributed by atoms with Crippen LogP contribution < -0.4 is 4.74 Å². The first-order valence-corrected chi connectivity index (χ1v) is 6.13. The third kappa shape index (κ3) is 3.48. The van der Waals surface area contributed by atoms with Gasteiger partial charge in [-0.15, -0.1) is 0 Å². The highest BCUT2D eigenvalue weighted by Gasteiger charge is 2.13. The van der Waals surface area contributed by atoms with E-state index in [9.17, 15) is 4.79 Å². The zero-order valence-corrected chi connectivity index (χ0v) is 11.2. The average molecular weight is 277 g/mol. The monoisotopic (exact) mass is 276 g/mol. The van der Waals surface area contributed by atoms with Crippen molar-refractivity contribution in [2.24, 2.45) is 0 Å². The van der Waals surface area contributed by atoms with Crippen LogP contribution in [0.4, 0.5) is 0 Å². The van der Waals surface area contributed by atoms with Gasteiger partial charge in [0.1, 0.15) is 17.9 Å². The molecule has 98 valence electrons. The number of benzene rings is 2. The molecule has 0 N–H and O–H groups in total. The molecule has 2 aromatic rings. The van der Waals surface area contributed by atoms with Gasteiger partial charge >= 0.3 is 5.97 Å². The normalized spacial score (nSPS) is 10.0. The number of carbonyl (C=O) groups is 1. The van der Waals surface area contributed by atoms with Crippen LogP contribution in [-0.2, 0) is 11.3 Å². The minimum absolute atomic E-state index is 0.364. The maximum Gasteiger partial charge on any atom is 0.341 e. The Morgan fingerprint density at radius 3 is 2.58 bits per heavy atom. The number of methoxy groups -OCH3 is 1. The van der Waals surface area contributed by atoms with Crippen molar-refractivity contribution in [3.63, 3.8) is 0 Å². The lowest BCUT2D eigenvalue weighted by Crippen LogP contribution is -2.05. The van der Waals surface area contributed by atoms with E-state index in [4.69, 9.17) is 21.1 Å². The Morgan fingerprint density at radius 1 is 1.16 bits per heavy atom. The molecule has 0 atom stereocenters. The lowest BCUT2D eigenvalue weighted by atomic mass is 10.2. The molecule has 0 aliphatic heterocycles. The summed E-state index contributed by atoms with van der Waals surface area (Å²) in [5.74, 6) is -0.0251. The Morgan fingerprint density at radius 2 is 1.89 bits per heavy atom. The minimum Gasteiger partial charge on any atom is -0.488 e. The maximum absolute atomic E-state index is 11.6. The fraction of sp³-hybridized carbons (Fsp3) is 0.133. The van der Waals surface area contributed by atoms with Crippen LogP contribution in [0.5, 0.6) is 5.75 Å². The smallest absolute Gasteiger partial charge is 0.341 e. The lowest BCUT2D eigenvalue weighted by molar-refractivity contribution is 0.0595. The van der Waals surface area contributed by atoms with Crippen molar-refractivity contribution in [3.8, 4) is 5.75 Å². The molecule has 2 rings (SSSR count). The highest BCUT2D eigenvalue weighted by Crippen LogP contribution is 2.25. The Kier molecular flexibility index (Phi) is 4.42. The molecule has 0 saturated carbocycles. The molecule has 0 fully saturated rings. The lowest BCUT2D eigenvalue weighted by Gasteiger charge is -2.10.